The third-order valence-electron chi connectivity index (χ3n) is 4.81. The zero-order valence-electron chi connectivity index (χ0n) is 13.0. The van der Waals surface area contributed by atoms with Crippen LogP contribution in [-0.2, 0) is 16.1 Å². The maximum atomic E-state index is 6.07. The third kappa shape index (κ3) is 4.06. The molecule has 3 atom stereocenters. The van der Waals surface area contributed by atoms with E-state index in [1.807, 2.05) is 18.2 Å². The second-order valence-electron chi connectivity index (χ2n) is 6.80. The monoisotopic (exact) mass is 289 g/mol. The second kappa shape index (κ2) is 6.91. The molecule has 1 spiro atoms. The molecule has 3 nitrogen and oxygen atoms in total. The lowest BCUT2D eigenvalue weighted by atomic mass is 9.76. The van der Waals surface area contributed by atoms with Gasteiger partial charge in [-0.25, -0.2) is 0 Å². The molecule has 2 fully saturated rings. The molecule has 1 aromatic carbocycles. The minimum atomic E-state index is 0.191. The molecule has 1 aromatic rings. The van der Waals surface area contributed by atoms with Crippen molar-refractivity contribution in [3.63, 3.8) is 0 Å². The molecule has 21 heavy (non-hydrogen) atoms. The van der Waals surface area contributed by atoms with Crippen molar-refractivity contribution >= 4 is 0 Å². The molecule has 0 bridgehead atoms. The van der Waals surface area contributed by atoms with Gasteiger partial charge in [0.15, 0.2) is 0 Å². The fraction of sp³-hybridized carbons (Fsp3) is 0.667. The number of hydrogen-bond acceptors (Lipinski definition) is 3. The summed E-state index contributed by atoms with van der Waals surface area (Å²) < 4.78 is 11.9. The van der Waals surface area contributed by atoms with Crippen molar-refractivity contribution in [2.75, 3.05) is 19.8 Å². The lowest BCUT2D eigenvalue weighted by molar-refractivity contribution is -0.0849. The summed E-state index contributed by atoms with van der Waals surface area (Å²) in [6, 6.07) is 10.3. The van der Waals surface area contributed by atoms with E-state index in [1.54, 1.807) is 0 Å². The van der Waals surface area contributed by atoms with E-state index in [-0.39, 0.29) is 11.6 Å². The highest BCUT2D eigenvalue weighted by Gasteiger charge is 2.38. The van der Waals surface area contributed by atoms with Crippen molar-refractivity contribution in [3.05, 3.63) is 35.9 Å². The van der Waals surface area contributed by atoms with Crippen LogP contribution in [0.15, 0.2) is 30.3 Å². The Morgan fingerprint density at radius 1 is 1.33 bits per heavy atom. The van der Waals surface area contributed by atoms with Gasteiger partial charge in [-0.1, -0.05) is 50.1 Å². The van der Waals surface area contributed by atoms with Crippen LogP contribution >= 0.6 is 0 Å². The lowest BCUT2D eigenvalue weighted by Gasteiger charge is -2.45. The molecular weight excluding hydrogens is 262 g/mol. The largest absolute Gasteiger partial charge is 0.374 e. The van der Waals surface area contributed by atoms with Gasteiger partial charge in [-0.2, -0.15) is 0 Å². The number of rotatable bonds is 4. The highest BCUT2D eigenvalue weighted by Crippen LogP contribution is 2.34. The van der Waals surface area contributed by atoms with Crippen LogP contribution in [0, 0.1) is 5.92 Å². The van der Waals surface area contributed by atoms with Gasteiger partial charge in [0.05, 0.1) is 25.9 Å². The summed E-state index contributed by atoms with van der Waals surface area (Å²) in [7, 11) is 0. The van der Waals surface area contributed by atoms with Crippen LogP contribution in [-0.4, -0.2) is 31.4 Å². The first-order chi connectivity index (χ1) is 10.3. The van der Waals surface area contributed by atoms with Crippen molar-refractivity contribution < 1.29 is 9.47 Å². The Hall–Kier alpha value is -0.900. The van der Waals surface area contributed by atoms with Crippen LogP contribution in [0.1, 0.15) is 38.2 Å². The van der Waals surface area contributed by atoms with E-state index in [0.717, 1.165) is 19.1 Å². The van der Waals surface area contributed by atoms with Crippen LogP contribution in [0.3, 0.4) is 0 Å². The van der Waals surface area contributed by atoms with Crippen molar-refractivity contribution in [1.29, 1.82) is 0 Å². The molecule has 2 aliphatic rings. The summed E-state index contributed by atoms with van der Waals surface area (Å²) in [6.45, 7) is 5.46. The molecule has 1 N–H and O–H groups in total. The molecule has 0 amide bonds. The Kier molecular flexibility index (Phi) is 4.94. The Balaban J connectivity index is 1.40. The zero-order chi connectivity index (χ0) is 14.5. The van der Waals surface area contributed by atoms with Crippen molar-refractivity contribution in [2.24, 2.45) is 5.92 Å². The van der Waals surface area contributed by atoms with Gasteiger partial charge in [-0.15, -0.1) is 0 Å². The first kappa shape index (κ1) is 15.0. The molecule has 0 radical (unpaired) electrons. The molecule has 1 saturated carbocycles. The fourth-order valence-corrected chi connectivity index (χ4v) is 3.66. The molecule has 116 valence electrons. The molecule has 3 heteroatoms. The standard InChI is InChI=1S/C18H27NO2/c1-15-6-5-9-18(10-15)14-21-17(11-19-18)13-20-12-16-7-3-2-4-8-16/h2-4,7-8,15,17,19H,5-6,9-14H2,1H3. The number of ether oxygens (including phenoxy) is 2. The fourth-order valence-electron chi connectivity index (χ4n) is 3.66. The van der Waals surface area contributed by atoms with Crippen LogP contribution in [0.2, 0.25) is 0 Å². The Morgan fingerprint density at radius 2 is 2.19 bits per heavy atom. The molecule has 1 saturated heterocycles. The first-order valence-corrected chi connectivity index (χ1v) is 8.24. The normalized spacial score (nSPS) is 33.2. The van der Waals surface area contributed by atoms with Gasteiger partial charge in [0.1, 0.15) is 0 Å². The minimum absolute atomic E-state index is 0.191. The summed E-state index contributed by atoms with van der Waals surface area (Å²) in [6.07, 6.45) is 5.40. The third-order valence-corrected chi connectivity index (χ3v) is 4.81. The van der Waals surface area contributed by atoms with Crippen molar-refractivity contribution in [2.45, 2.75) is 50.9 Å². The summed E-state index contributed by atoms with van der Waals surface area (Å²) in [5, 5.41) is 3.76. The number of nitrogens with one attached hydrogen (secondary N) is 1. The van der Waals surface area contributed by atoms with E-state index < -0.39 is 0 Å². The van der Waals surface area contributed by atoms with Gasteiger partial charge in [0.25, 0.3) is 0 Å². The molecule has 3 rings (SSSR count). The van der Waals surface area contributed by atoms with Crippen LogP contribution in [0.5, 0.6) is 0 Å². The summed E-state index contributed by atoms with van der Waals surface area (Å²) in [5.74, 6) is 0.820. The van der Waals surface area contributed by atoms with Crippen LogP contribution in [0.4, 0.5) is 0 Å². The molecular formula is C18H27NO2. The van der Waals surface area contributed by atoms with E-state index in [0.29, 0.717) is 13.2 Å². The van der Waals surface area contributed by atoms with Crippen LogP contribution in [0.25, 0.3) is 0 Å². The van der Waals surface area contributed by atoms with Gasteiger partial charge in [0, 0.05) is 12.1 Å². The first-order valence-electron chi connectivity index (χ1n) is 8.24. The molecule has 1 aliphatic carbocycles. The average Bonchev–Trinajstić information content (AvgIpc) is 2.51. The maximum absolute atomic E-state index is 6.07. The summed E-state index contributed by atoms with van der Waals surface area (Å²) >= 11 is 0. The quantitative estimate of drug-likeness (QED) is 0.923. The second-order valence-corrected chi connectivity index (χ2v) is 6.80. The van der Waals surface area contributed by atoms with Gasteiger partial charge in [-0.3, -0.25) is 0 Å². The minimum Gasteiger partial charge on any atom is -0.374 e. The average molecular weight is 289 g/mol. The van der Waals surface area contributed by atoms with Gasteiger partial charge < -0.3 is 14.8 Å². The topological polar surface area (TPSA) is 30.5 Å². The van der Waals surface area contributed by atoms with Gasteiger partial charge in [0.2, 0.25) is 0 Å². The molecule has 1 heterocycles. The summed E-state index contributed by atoms with van der Waals surface area (Å²) in [4.78, 5) is 0. The number of hydrogen-bond donors (Lipinski definition) is 1. The van der Waals surface area contributed by atoms with E-state index in [4.69, 9.17) is 9.47 Å². The highest BCUT2D eigenvalue weighted by molar-refractivity contribution is 5.13. The molecule has 1 aliphatic heterocycles. The Bertz CT molecular complexity index is 426. The van der Waals surface area contributed by atoms with Crippen molar-refractivity contribution in [3.8, 4) is 0 Å². The van der Waals surface area contributed by atoms with Crippen molar-refractivity contribution in [1.82, 2.24) is 5.32 Å². The maximum Gasteiger partial charge on any atom is 0.0933 e. The Labute approximate surface area is 128 Å². The number of morpholine rings is 1. The summed E-state index contributed by atoms with van der Waals surface area (Å²) in [5.41, 5.74) is 1.46. The predicted octanol–water partition coefficient (Wildman–Crippen LogP) is 3.14. The van der Waals surface area contributed by atoms with Gasteiger partial charge >= 0.3 is 0 Å². The SMILES string of the molecule is CC1CCCC2(COC(COCc3ccccc3)CN2)C1. The Morgan fingerprint density at radius 3 is 2.90 bits per heavy atom. The molecule has 0 aromatic heterocycles. The molecule has 3 unspecified atom stereocenters. The van der Waals surface area contributed by atoms with E-state index >= 15 is 0 Å². The smallest absolute Gasteiger partial charge is 0.0933 e. The van der Waals surface area contributed by atoms with Gasteiger partial charge in [-0.05, 0) is 24.3 Å². The predicted molar refractivity (Wildman–Crippen MR) is 84.2 cm³/mol. The highest BCUT2D eigenvalue weighted by atomic mass is 16.5. The zero-order valence-corrected chi connectivity index (χ0v) is 13.0. The van der Waals surface area contributed by atoms with E-state index in [2.05, 4.69) is 24.4 Å². The number of benzene rings is 1. The lowest BCUT2D eigenvalue weighted by Crippen LogP contribution is -2.59. The van der Waals surface area contributed by atoms with Crippen LogP contribution < -0.4 is 5.32 Å². The van der Waals surface area contributed by atoms with E-state index in [1.165, 1.54) is 31.2 Å². The van der Waals surface area contributed by atoms with E-state index in [9.17, 15) is 0 Å².